The Morgan fingerprint density at radius 1 is 1.11 bits per heavy atom. The van der Waals surface area contributed by atoms with E-state index in [-0.39, 0.29) is 22.5 Å². The Morgan fingerprint density at radius 3 is 2.50 bits per heavy atom. The van der Waals surface area contributed by atoms with E-state index in [0.717, 1.165) is 16.9 Å². The summed E-state index contributed by atoms with van der Waals surface area (Å²) in [4.78, 5) is 17.2. The normalized spacial score (nSPS) is 11.1. The lowest BCUT2D eigenvalue weighted by atomic mass is 10.2. The van der Waals surface area contributed by atoms with E-state index in [1.807, 2.05) is 24.3 Å². The van der Waals surface area contributed by atoms with Crippen LogP contribution in [0.4, 0.5) is 5.13 Å². The van der Waals surface area contributed by atoms with Gasteiger partial charge in [-0.05, 0) is 25.1 Å². The fourth-order valence-corrected chi connectivity index (χ4v) is 4.67. The predicted molar refractivity (Wildman–Crippen MR) is 108 cm³/mol. The molecule has 1 amide bonds. The maximum atomic E-state index is 12.5. The van der Waals surface area contributed by atoms with E-state index in [4.69, 9.17) is 4.74 Å². The molecule has 0 saturated carbocycles. The topological polar surface area (TPSA) is 97.4 Å². The summed E-state index contributed by atoms with van der Waals surface area (Å²) in [6, 6.07) is 15.4. The third-order valence-corrected chi connectivity index (χ3v) is 6.47. The van der Waals surface area contributed by atoms with Gasteiger partial charge in [-0.25, -0.2) is 13.4 Å². The Labute approximate surface area is 167 Å². The van der Waals surface area contributed by atoms with Gasteiger partial charge < -0.3 is 10.1 Å². The number of benzene rings is 2. The molecule has 0 aliphatic heterocycles. The van der Waals surface area contributed by atoms with Gasteiger partial charge >= 0.3 is 0 Å². The number of hydrogen-bond donors (Lipinski definition) is 2. The van der Waals surface area contributed by atoms with Crippen molar-refractivity contribution in [2.45, 2.75) is 18.4 Å². The SMILES string of the molecule is COc1ccccc1CNC(=O)c1sc(NS(=O)(=O)c2ccccc2)nc1C. The maximum absolute atomic E-state index is 12.5. The fraction of sp³-hybridized carbons (Fsp3) is 0.158. The van der Waals surface area contributed by atoms with Crippen molar-refractivity contribution >= 4 is 32.4 Å². The van der Waals surface area contributed by atoms with Crippen LogP contribution < -0.4 is 14.8 Å². The van der Waals surface area contributed by atoms with Gasteiger partial charge in [0.1, 0.15) is 10.6 Å². The van der Waals surface area contributed by atoms with Crippen molar-refractivity contribution in [1.82, 2.24) is 10.3 Å². The predicted octanol–water partition coefficient (Wildman–Crippen LogP) is 3.19. The van der Waals surface area contributed by atoms with Gasteiger partial charge in [0, 0.05) is 12.1 Å². The molecule has 3 aromatic rings. The standard InChI is InChI=1S/C19H19N3O4S2/c1-13-17(18(23)20-12-14-8-6-7-11-16(14)26-2)27-19(21-13)22-28(24,25)15-9-4-3-5-10-15/h3-11H,12H2,1-2H3,(H,20,23)(H,21,22). The van der Waals surface area contributed by atoms with Crippen molar-refractivity contribution in [2.24, 2.45) is 0 Å². The van der Waals surface area contributed by atoms with Gasteiger partial charge in [-0.1, -0.05) is 47.7 Å². The summed E-state index contributed by atoms with van der Waals surface area (Å²) in [5.41, 5.74) is 1.29. The maximum Gasteiger partial charge on any atom is 0.263 e. The molecule has 28 heavy (non-hydrogen) atoms. The summed E-state index contributed by atoms with van der Waals surface area (Å²) in [5, 5.41) is 2.96. The van der Waals surface area contributed by atoms with E-state index in [1.54, 1.807) is 32.2 Å². The molecule has 0 saturated heterocycles. The van der Waals surface area contributed by atoms with Crippen LogP contribution >= 0.6 is 11.3 Å². The molecule has 146 valence electrons. The van der Waals surface area contributed by atoms with Gasteiger partial charge in [0.05, 0.1) is 17.7 Å². The van der Waals surface area contributed by atoms with E-state index in [1.165, 1.54) is 12.1 Å². The minimum absolute atomic E-state index is 0.130. The molecule has 3 rings (SSSR count). The van der Waals surface area contributed by atoms with Crippen LogP contribution in [0.1, 0.15) is 20.9 Å². The number of nitrogens with zero attached hydrogens (tertiary/aromatic N) is 1. The van der Waals surface area contributed by atoms with Gasteiger partial charge in [0.25, 0.3) is 15.9 Å². The molecule has 1 aromatic heterocycles. The minimum atomic E-state index is -3.76. The molecular formula is C19H19N3O4S2. The number of anilines is 1. The number of aryl methyl sites for hydroxylation is 1. The van der Waals surface area contributed by atoms with Gasteiger partial charge in [0.2, 0.25) is 0 Å². The van der Waals surface area contributed by atoms with Crippen LogP contribution in [0.5, 0.6) is 5.75 Å². The zero-order valence-electron chi connectivity index (χ0n) is 15.3. The van der Waals surface area contributed by atoms with Crippen LogP contribution in [0.2, 0.25) is 0 Å². The van der Waals surface area contributed by atoms with Crippen molar-refractivity contribution in [3.8, 4) is 5.75 Å². The van der Waals surface area contributed by atoms with Crippen LogP contribution in [0, 0.1) is 6.92 Å². The molecule has 0 atom stereocenters. The summed E-state index contributed by atoms with van der Waals surface area (Å²) in [6.07, 6.45) is 0. The molecule has 9 heteroatoms. The first-order valence-electron chi connectivity index (χ1n) is 8.36. The molecule has 7 nitrogen and oxygen atoms in total. The van der Waals surface area contributed by atoms with E-state index >= 15 is 0 Å². The van der Waals surface area contributed by atoms with Crippen LogP contribution in [0.15, 0.2) is 59.5 Å². The zero-order chi connectivity index (χ0) is 20.1. The number of amides is 1. The number of hydrogen-bond acceptors (Lipinski definition) is 6. The number of para-hydroxylation sites is 1. The minimum Gasteiger partial charge on any atom is -0.496 e. The number of carbonyl (C=O) groups excluding carboxylic acids is 1. The molecule has 0 bridgehead atoms. The second-order valence-electron chi connectivity index (χ2n) is 5.85. The first kappa shape index (κ1) is 19.8. The van der Waals surface area contributed by atoms with Crippen LogP contribution in [0.3, 0.4) is 0 Å². The average molecular weight is 418 g/mol. The summed E-state index contributed by atoms with van der Waals surface area (Å²) >= 11 is 0.990. The molecular weight excluding hydrogens is 398 g/mol. The van der Waals surface area contributed by atoms with Crippen molar-refractivity contribution in [3.05, 3.63) is 70.7 Å². The third-order valence-electron chi connectivity index (χ3n) is 3.91. The van der Waals surface area contributed by atoms with Crippen molar-refractivity contribution in [1.29, 1.82) is 0 Å². The summed E-state index contributed by atoms with van der Waals surface area (Å²) in [7, 11) is -2.19. The molecule has 2 aromatic carbocycles. The van der Waals surface area contributed by atoms with Crippen molar-refractivity contribution < 1.29 is 17.9 Å². The Balaban J connectivity index is 1.72. The highest BCUT2D eigenvalue weighted by molar-refractivity contribution is 7.93. The van der Waals surface area contributed by atoms with E-state index in [9.17, 15) is 13.2 Å². The number of rotatable bonds is 7. The molecule has 0 aliphatic carbocycles. The largest absolute Gasteiger partial charge is 0.496 e. The number of methoxy groups -OCH3 is 1. The lowest BCUT2D eigenvalue weighted by Gasteiger charge is -2.09. The Kier molecular flexibility index (Phi) is 5.96. The number of ether oxygens (including phenoxy) is 1. The smallest absolute Gasteiger partial charge is 0.263 e. The highest BCUT2D eigenvalue weighted by Gasteiger charge is 2.20. The summed E-state index contributed by atoms with van der Waals surface area (Å²) < 4.78 is 32.5. The fourth-order valence-electron chi connectivity index (χ4n) is 2.53. The molecule has 2 N–H and O–H groups in total. The number of aromatic nitrogens is 1. The second kappa shape index (κ2) is 8.41. The van der Waals surface area contributed by atoms with Gasteiger partial charge in [0.15, 0.2) is 5.13 Å². The second-order valence-corrected chi connectivity index (χ2v) is 8.53. The molecule has 0 fully saturated rings. The van der Waals surface area contributed by atoms with E-state index in [2.05, 4.69) is 15.0 Å². The molecule has 0 aliphatic rings. The Bertz CT molecular complexity index is 1080. The molecule has 1 heterocycles. The monoisotopic (exact) mass is 417 g/mol. The highest BCUT2D eigenvalue weighted by atomic mass is 32.2. The highest BCUT2D eigenvalue weighted by Crippen LogP contribution is 2.25. The zero-order valence-corrected chi connectivity index (χ0v) is 16.9. The molecule has 0 spiro atoms. The van der Waals surface area contributed by atoms with Gasteiger partial charge in [-0.15, -0.1) is 0 Å². The van der Waals surface area contributed by atoms with E-state index < -0.39 is 10.0 Å². The third kappa shape index (κ3) is 4.49. The lowest BCUT2D eigenvalue weighted by molar-refractivity contribution is 0.0954. The van der Waals surface area contributed by atoms with Gasteiger partial charge in [-0.2, -0.15) is 0 Å². The quantitative estimate of drug-likeness (QED) is 0.615. The summed E-state index contributed by atoms with van der Waals surface area (Å²) in [5.74, 6) is 0.353. The lowest BCUT2D eigenvalue weighted by Crippen LogP contribution is -2.22. The average Bonchev–Trinajstić information content (AvgIpc) is 3.06. The molecule has 0 radical (unpaired) electrons. The Hall–Kier alpha value is -2.91. The first-order valence-corrected chi connectivity index (χ1v) is 10.7. The number of nitrogens with one attached hydrogen (secondary N) is 2. The summed E-state index contributed by atoms with van der Waals surface area (Å²) in [6.45, 7) is 1.94. The van der Waals surface area contributed by atoms with Crippen LogP contribution in [0.25, 0.3) is 0 Å². The van der Waals surface area contributed by atoms with Crippen LogP contribution in [-0.4, -0.2) is 26.4 Å². The molecule has 0 unspecified atom stereocenters. The van der Waals surface area contributed by atoms with E-state index in [0.29, 0.717) is 16.3 Å². The van der Waals surface area contributed by atoms with Crippen molar-refractivity contribution in [3.63, 3.8) is 0 Å². The van der Waals surface area contributed by atoms with Gasteiger partial charge in [-0.3, -0.25) is 9.52 Å². The van der Waals surface area contributed by atoms with Crippen molar-refractivity contribution in [2.75, 3.05) is 11.8 Å². The number of sulfonamides is 1. The Morgan fingerprint density at radius 2 is 1.79 bits per heavy atom. The first-order chi connectivity index (χ1) is 13.4. The number of thiazole rings is 1. The van der Waals surface area contributed by atoms with Crippen LogP contribution in [-0.2, 0) is 16.6 Å². The number of carbonyl (C=O) groups is 1.